The Morgan fingerprint density at radius 3 is 2.74 bits per heavy atom. The van der Waals surface area contributed by atoms with Gasteiger partial charge in [-0.3, -0.25) is 9.36 Å². The van der Waals surface area contributed by atoms with E-state index in [0.717, 1.165) is 12.1 Å². The van der Waals surface area contributed by atoms with Crippen molar-refractivity contribution in [1.29, 1.82) is 0 Å². The molecule has 0 aliphatic carbocycles. The van der Waals surface area contributed by atoms with Gasteiger partial charge in [0.25, 0.3) is 0 Å². The van der Waals surface area contributed by atoms with Crippen LogP contribution in [0.2, 0.25) is 0 Å². The first-order valence-corrected chi connectivity index (χ1v) is 7.68. The van der Waals surface area contributed by atoms with Crippen LogP contribution in [0.3, 0.4) is 0 Å². The lowest BCUT2D eigenvalue weighted by molar-refractivity contribution is -0.389. The van der Waals surface area contributed by atoms with E-state index in [1.165, 1.54) is 22.9 Å². The molecule has 2 aromatic rings. The molecule has 1 N–H and O–H groups in total. The minimum absolute atomic E-state index is 0.0558. The summed E-state index contributed by atoms with van der Waals surface area (Å²) in [5, 5.41) is 13.4. The number of rotatable bonds is 5. The van der Waals surface area contributed by atoms with Crippen LogP contribution in [0.25, 0.3) is 0 Å². The van der Waals surface area contributed by atoms with Crippen molar-refractivity contribution in [3.05, 3.63) is 46.1 Å². The van der Waals surface area contributed by atoms with Crippen LogP contribution >= 0.6 is 0 Å². The predicted molar refractivity (Wildman–Crippen MR) is 83.1 cm³/mol. The van der Waals surface area contributed by atoms with Gasteiger partial charge < -0.3 is 24.9 Å². The normalized spacial score (nSPS) is 16.2. The molecule has 1 aliphatic rings. The van der Waals surface area contributed by atoms with Gasteiger partial charge in [-0.15, -0.1) is 13.2 Å². The molecule has 0 saturated heterocycles. The summed E-state index contributed by atoms with van der Waals surface area (Å²) in [5.74, 6) is -1.09. The zero-order valence-electron chi connectivity index (χ0n) is 13.6. The quantitative estimate of drug-likeness (QED) is 0.620. The molecule has 1 aliphatic heterocycles. The summed E-state index contributed by atoms with van der Waals surface area (Å²) in [6.07, 6.45) is -3.62. The van der Waals surface area contributed by atoms with E-state index in [9.17, 15) is 28.1 Å². The fourth-order valence-corrected chi connectivity index (χ4v) is 2.55. The number of hydrogen-bond donors (Lipinski definition) is 1. The molecule has 0 fully saturated rings. The summed E-state index contributed by atoms with van der Waals surface area (Å²) < 4.78 is 46.8. The largest absolute Gasteiger partial charge is 0.573 e. The van der Waals surface area contributed by atoms with Crippen molar-refractivity contribution in [2.24, 2.45) is 0 Å². The van der Waals surface area contributed by atoms with Gasteiger partial charge in [-0.05, 0) is 22.6 Å². The van der Waals surface area contributed by atoms with Gasteiger partial charge >= 0.3 is 18.2 Å². The van der Waals surface area contributed by atoms with Gasteiger partial charge in [0.15, 0.2) is 0 Å². The number of fused-ring (bicyclic) bond motifs is 1. The predicted octanol–water partition coefficient (Wildman–Crippen LogP) is 1.81. The van der Waals surface area contributed by atoms with E-state index in [4.69, 9.17) is 4.74 Å². The summed E-state index contributed by atoms with van der Waals surface area (Å²) >= 11 is 0. The van der Waals surface area contributed by atoms with Crippen LogP contribution in [0, 0.1) is 10.1 Å². The molecule has 3 rings (SSSR count). The van der Waals surface area contributed by atoms with Gasteiger partial charge in [-0.25, -0.2) is 0 Å². The number of ether oxygens (including phenoxy) is 2. The molecule has 1 aromatic carbocycles. The van der Waals surface area contributed by atoms with E-state index in [1.54, 1.807) is 0 Å². The lowest BCUT2D eigenvalue weighted by Crippen LogP contribution is -2.45. The highest BCUT2D eigenvalue weighted by molar-refractivity contribution is 5.78. The fraction of sp³-hybridized carbons (Fsp3) is 0.333. The van der Waals surface area contributed by atoms with Crippen molar-refractivity contribution in [2.75, 3.05) is 6.61 Å². The third-order valence-corrected chi connectivity index (χ3v) is 3.63. The molecule has 9 nitrogen and oxygen atoms in total. The summed E-state index contributed by atoms with van der Waals surface area (Å²) in [6.45, 7) is 0.346. The number of carbonyl (C=O) groups is 1. The number of carbonyl (C=O) groups excluding carboxylic acids is 1. The summed E-state index contributed by atoms with van der Waals surface area (Å²) in [7, 11) is 0. The van der Waals surface area contributed by atoms with E-state index in [-0.39, 0.29) is 43.1 Å². The van der Waals surface area contributed by atoms with Gasteiger partial charge in [0.2, 0.25) is 5.91 Å². The fourth-order valence-electron chi connectivity index (χ4n) is 2.55. The molecule has 0 saturated carbocycles. The highest BCUT2D eigenvalue weighted by Gasteiger charge is 2.31. The third-order valence-electron chi connectivity index (χ3n) is 3.63. The van der Waals surface area contributed by atoms with E-state index < -0.39 is 17.3 Å². The minimum Gasteiger partial charge on any atom is -0.444 e. The van der Waals surface area contributed by atoms with Gasteiger partial charge in [-0.2, -0.15) is 0 Å². The first-order chi connectivity index (χ1) is 12.7. The molecule has 144 valence electrons. The molecule has 0 bridgehead atoms. The van der Waals surface area contributed by atoms with Gasteiger partial charge in [-0.1, -0.05) is 12.1 Å². The second-order valence-corrected chi connectivity index (χ2v) is 5.74. The van der Waals surface area contributed by atoms with Crippen molar-refractivity contribution in [2.45, 2.75) is 25.4 Å². The summed E-state index contributed by atoms with van der Waals surface area (Å²) in [4.78, 5) is 25.9. The number of amides is 1. The zero-order valence-corrected chi connectivity index (χ0v) is 13.6. The Kier molecular flexibility index (Phi) is 4.88. The van der Waals surface area contributed by atoms with Crippen molar-refractivity contribution in [3.8, 4) is 11.8 Å². The maximum absolute atomic E-state index is 12.1. The second kappa shape index (κ2) is 7.13. The molecular formula is C15H13F3N4O5. The molecule has 1 amide bonds. The minimum atomic E-state index is -4.78. The number of alkyl halides is 3. The number of nitrogens with one attached hydrogen (secondary N) is 1. The number of hydrogen-bond acceptors (Lipinski definition) is 6. The Morgan fingerprint density at radius 2 is 2.11 bits per heavy atom. The third kappa shape index (κ3) is 4.86. The van der Waals surface area contributed by atoms with Crippen LogP contribution in [0.5, 0.6) is 11.8 Å². The molecular weight excluding hydrogens is 373 g/mol. The van der Waals surface area contributed by atoms with Crippen LogP contribution in [0.1, 0.15) is 5.56 Å². The van der Waals surface area contributed by atoms with Crippen molar-refractivity contribution in [1.82, 2.24) is 14.9 Å². The van der Waals surface area contributed by atoms with E-state index >= 15 is 0 Å². The van der Waals surface area contributed by atoms with Crippen molar-refractivity contribution in [3.63, 3.8) is 0 Å². The van der Waals surface area contributed by atoms with E-state index in [1.807, 2.05) is 0 Å². The Hall–Kier alpha value is -3.31. The molecule has 27 heavy (non-hydrogen) atoms. The number of aromatic nitrogens is 2. The number of benzene rings is 1. The standard InChI is InChI=1S/C15H13F3N4O5/c16-15(17,18)27-11-3-1-9(2-4-11)5-13(23)19-10-6-21-7-12(22(24)25)20-14(21)26-8-10/h1-4,7,10H,5-6,8H2,(H,19,23)/t10-/m0/s1. The number of nitro groups is 1. The smallest absolute Gasteiger partial charge is 0.444 e. The topological polar surface area (TPSA) is 109 Å². The van der Waals surface area contributed by atoms with Crippen molar-refractivity contribution >= 4 is 11.7 Å². The summed E-state index contributed by atoms with van der Waals surface area (Å²) in [6, 6.07) is 4.64. The zero-order chi connectivity index (χ0) is 19.6. The van der Waals surface area contributed by atoms with Gasteiger partial charge in [0, 0.05) is 4.98 Å². The Balaban J connectivity index is 1.54. The molecule has 0 spiro atoms. The maximum Gasteiger partial charge on any atom is 0.573 e. The van der Waals surface area contributed by atoms with Crippen molar-refractivity contribution < 1.29 is 32.4 Å². The Bertz CT molecular complexity index is 850. The van der Waals surface area contributed by atoms with Crippen LogP contribution in [0.15, 0.2) is 30.5 Å². The van der Waals surface area contributed by atoms with E-state index in [0.29, 0.717) is 5.56 Å². The Labute approximate surface area is 149 Å². The molecule has 2 heterocycles. The highest BCUT2D eigenvalue weighted by atomic mass is 19.4. The van der Waals surface area contributed by atoms with Crippen LogP contribution < -0.4 is 14.8 Å². The average Bonchev–Trinajstić information content (AvgIpc) is 2.99. The molecule has 12 heteroatoms. The second-order valence-electron chi connectivity index (χ2n) is 5.74. The Morgan fingerprint density at radius 1 is 1.41 bits per heavy atom. The van der Waals surface area contributed by atoms with Gasteiger partial charge in [0.1, 0.15) is 18.6 Å². The highest BCUT2D eigenvalue weighted by Crippen LogP contribution is 2.23. The molecule has 0 unspecified atom stereocenters. The van der Waals surface area contributed by atoms with Crippen LogP contribution in [-0.4, -0.2) is 39.4 Å². The monoisotopic (exact) mass is 386 g/mol. The average molecular weight is 386 g/mol. The molecule has 0 radical (unpaired) electrons. The van der Waals surface area contributed by atoms with Crippen LogP contribution in [-0.2, 0) is 17.8 Å². The van der Waals surface area contributed by atoms with Crippen LogP contribution in [0.4, 0.5) is 19.0 Å². The van der Waals surface area contributed by atoms with E-state index in [2.05, 4.69) is 15.0 Å². The van der Waals surface area contributed by atoms with Gasteiger partial charge in [0.05, 0.1) is 19.0 Å². The lowest BCUT2D eigenvalue weighted by atomic mass is 10.1. The number of imidazole rings is 1. The number of halogens is 3. The molecule has 1 atom stereocenters. The maximum atomic E-state index is 12.1. The summed E-state index contributed by atoms with van der Waals surface area (Å²) in [5.41, 5.74) is 0.498. The first kappa shape index (κ1) is 18.5. The number of nitrogens with zero attached hydrogens (tertiary/aromatic N) is 3. The lowest BCUT2D eigenvalue weighted by Gasteiger charge is -2.23. The first-order valence-electron chi connectivity index (χ1n) is 7.68. The molecule has 1 aromatic heterocycles. The SMILES string of the molecule is O=C(Cc1ccc(OC(F)(F)F)cc1)N[C@@H]1COc2nc([N+](=O)[O-])cn2C1.